The smallest absolute Gasteiger partial charge is 0.262 e. The number of sulfonamides is 1. The van der Waals surface area contributed by atoms with Crippen molar-refractivity contribution in [2.75, 3.05) is 18.5 Å². The molecule has 1 aliphatic rings. The molecule has 3 aromatic carbocycles. The van der Waals surface area contributed by atoms with Crippen molar-refractivity contribution in [2.24, 2.45) is 0 Å². The van der Waals surface area contributed by atoms with Gasteiger partial charge in [0.2, 0.25) is 10.0 Å². The SMILES string of the molecule is Cc1cc(C)cc(OCC(=O)Nc2ccc3c(c2)CN(S(=O)(=O)c2ccccc2)CC3)c1. The van der Waals surface area contributed by atoms with Crippen LogP contribution in [0.1, 0.15) is 22.3 Å². The van der Waals surface area contributed by atoms with Crippen molar-refractivity contribution in [3.05, 3.63) is 89.0 Å². The summed E-state index contributed by atoms with van der Waals surface area (Å²) in [6.07, 6.45) is 0.630. The Hall–Kier alpha value is -3.16. The molecule has 6 nitrogen and oxygen atoms in total. The van der Waals surface area contributed by atoms with Gasteiger partial charge in [-0.3, -0.25) is 4.79 Å². The van der Waals surface area contributed by atoms with Gasteiger partial charge in [-0.05, 0) is 78.9 Å². The van der Waals surface area contributed by atoms with Crippen LogP contribution in [-0.2, 0) is 27.8 Å². The minimum atomic E-state index is -3.56. The largest absolute Gasteiger partial charge is 0.484 e. The molecule has 32 heavy (non-hydrogen) atoms. The molecular weight excluding hydrogens is 424 g/mol. The summed E-state index contributed by atoms with van der Waals surface area (Å²) < 4.78 is 33.0. The van der Waals surface area contributed by atoms with Crippen LogP contribution in [0.15, 0.2) is 71.6 Å². The van der Waals surface area contributed by atoms with Gasteiger partial charge < -0.3 is 10.1 Å². The van der Waals surface area contributed by atoms with E-state index in [1.54, 1.807) is 30.3 Å². The molecule has 0 fully saturated rings. The fraction of sp³-hybridized carbons (Fsp3) is 0.240. The van der Waals surface area contributed by atoms with E-state index < -0.39 is 10.0 Å². The predicted molar refractivity (Wildman–Crippen MR) is 124 cm³/mol. The number of carbonyl (C=O) groups is 1. The predicted octanol–water partition coefficient (Wildman–Crippen LogP) is 4.07. The van der Waals surface area contributed by atoms with E-state index in [2.05, 4.69) is 5.32 Å². The van der Waals surface area contributed by atoms with Gasteiger partial charge in [0.1, 0.15) is 5.75 Å². The molecule has 7 heteroatoms. The number of nitrogens with one attached hydrogen (secondary N) is 1. The van der Waals surface area contributed by atoms with Crippen molar-refractivity contribution in [3.63, 3.8) is 0 Å². The zero-order valence-corrected chi connectivity index (χ0v) is 19.0. The Kier molecular flexibility index (Phi) is 6.30. The number of rotatable bonds is 6. The summed E-state index contributed by atoms with van der Waals surface area (Å²) in [4.78, 5) is 12.7. The van der Waals surface area contributed by atoms with E-state index in [0.717, 1.165) is 22.3 Å². The third kappa shape index (κ3) is 5.00. The number of hydrogen-bond donors (Lipinski definition) is 1. The van der Waals surface area contributed by atoms with Gasteiger partial charge in [0, 0.05) is 18.8 Å². The van der Waals surface area contributed by atoms with Gasteiger partial charge in [-0.1, -0.05) is 30.3 Å². The lowest BCUT2D eigenvalue weighted by atomic mass is 10.0. The molecule has 0 radical (unpaired) electrons. The lowest BCUT2D eigenvalue weighted by Crippen LogP contribution is -2.36. The van der Waals surface area contributed by atoms with Gasteiger partial charge in [-0.15, -0.1) is 0 Å². The zero-order chi connectivity index (χ0) is 22.7. The van der Waals surface area contributed by atoms with E-state index >= 15 is 0 Å². The number of fused-ring (bicyclic) bond motifs is 1. The van der Waals surface area contributed by atoms with Crippen LogP contribution in [0.4, 0.5) is 5.69 Å². The third-order valence-corrected chi connectivity index (χ3v) is 7.27. The van der Waals surface area contributed by atoms with Gasteiger partial charge in [-0.25, -0.2) is 8.42 Å². The molecule has 0 bridgehead atoms. The van der Waals surface area contributed by atoms with E-state index in [0.29, 0.717) is 24.4 Å². The highest BCUT2D eigenvalue weighted by molar-refractivity contribution is 7.89. The van der Waals surface area contributed by atoms with Crippen molar-refractivity contribution in [1.82, 2.24) is 4.31 Å². The average Bonchev–Trinajstić information content (AvgIpc) is 2.77. The second-order valence-corrected chi connectivity index (χ2v) is 9.98. The Morgan fingerprint density at radius 3 is 2.41 bits per heavy atom. The van der Waals surface area contributed by atoms with Crippen LogP contribution in [0.5, 0.6) is 5.75 Å². The average molecular weight is 451 g/mol. The first-order valence-corrected chi connectivity index (χ1v) is 11.9. The van der Waals surface area contributed by atoms with Crippen LogP contribution >= 0.6 is 0 Å². The second kappa shape index (κ2) is 9.14. The number of benzene rings is 3. The van der Waals surface area contributed by atoms with Crippen molar-refractivity contribution in [3.8, 4) is 5.75 Å². The molecule has 0 atom stereocenters. The normalized spacial score (nSPS) is 13.9. The van der Waals surface area contributed by atoms with Gasteiger partial charge in [0.25, 0.3) is 5.91 Å². The number of ether oxygens (including phenoxy) is 1. The molecule has 1 amide bonds. The number of amides is 1. The topological polar surface area (TPSA) is 75.7 Å². The molecule has 166 valence electrons. The minimum Gasteiger partial charge on any atom is -0.484 e. The van der Waals surface area contributed by atoms with Crippen LogP contribution in [0, 0.1) is 13.8 Å². The maximum absolute atomic E-state index is 13.0. The molecule has 0 unspecified atom stereocenters. The summed E-state index contributed by atoms with van der Waals surface area (Å²) in [5.41, 5.74) is 4.75. The number of carbonyl (C=O) groups excluding carboxylic acids is 1. The van der Waals surface area contributed by atoms with Crippen LogP contribution in [0.25, 0.3) is 0 Å². The van der Waals surface area contributed by atoms with Crippen LogP contribution in [0.2, 0.25) is 0 Å². The first-order valence-electron chi connectivity index (χ1n) is 10.5. The molecule has 3 aromatic rings. The summed E-state index contributed by atoms with van der Waals surface area (Å²) in [5.74, 6) is 0.388. The number of nitrogens with zero attached hydrogens (tertiary/aromatic N) is 1. The zero-order valence-electron chi connectivity index (χ0n) is 18.2. The van der Waals surface area contributed by atoms with Gasteiger partial charge in [0.15, 0.2) is 6.61 Å². The summed E-state index contributed by atoms with van der Waals surface area (Å²) in [6.45, 7) is 4.56. The first-order chi connectivity index (χ1) is 15.3. The number of hydrogen-bond acceptors (Lipinski definition) is 4. The molecular formula is C25H26N2O4S. The fourth-order valence-corrected chi connectivity index (χ4v) is 5.36. The molecule has 0 aliphatic carbocycles. The minimum absolute atomic E-state index is 0.103. The van der Waals surface area contributed by atoms with Crippen LogP contribution in [-0.4, -0.2) is 31.8 Å². The molecule has 1 N–H and O–H groups in total. The lowest BCUT2D eigenvalue weighted by Gasteiger charge is -2.28. The molecule has 1 heterocycles. The maximum atomic E-state index is 13.0. The number of anilines is 1. The number of aryl methyl sites for hydroxylation is 2. The molecule has 4 rings (SSSR count). The van der Waals surface area contributed by atoms with Gasteiger partial charge in [0.05, 0.1) is 4.90 Å². The summed E-state index contributed by atoms with van der Waals surface area (Å²) in [5, 5.41) is 2.84. The van der Waals surface area contributed by atoms with Gasteiger partial charge >= 0.3 is 0 Å². The quantitative estimate of drug-likeness (QED) is 0.614. The van der Waals surface area contributed by atoms with E-state index in [1.165, 1.54) is 4.31 Å². The summed E-state index contributed by atoms with van der Waals surface area (Å²) in [7, 11) is -3.56. The van der Waals surface area contributed by atoms with Crippen molar-refractivity contribution in [2.45, 2.75) is 31.7 Å². The highest BCUT2D eigenvalue weighted by Gasteiger charge is 2.28. The highest BCUT2D eigenvalue weighted by Crippen LogP contribution is 2.27. The fourth-order valence-electron chi connectivity index (χ4n) is 3.92. The Labute approximate surface area is 188 Å². The Morgan fingerprint density at radius 2 is 1.69 bits per heavy atom. The van der Waals surface area contributed by atoms with Crippen molar-refractivity contribution >= 4 is 21.6 Å². The van der Waals surface area contributed by atoms with Crippen LogP contribution in [0.3, 0.4) is 0 Å². The van der Waals surface area contributed by atoms with E-state index in [1.807, 2.05) is 50.2 Å². The maximum Gasteiger partial charge on any atom is 0.262 e. The second-order valence-electron chi connectivity index (χ2n) is 8.05. The van der Waals surface area contributed by atoms with E-state index in [4.69, 9.17) is 4.74 Å². The van der Waals surface area contributed by atoms with E-state index in [9.17, 15) is 13.2 Å². The van der Waals surface area contributed by atoms with Crippen LogP contribution < -0.4 is 10.1 Å². The molecule has 0 saturated heterocycles. The monoisotopic (exact) mass is 450 g/mol. The molecule has 0 saturated carbocycles. The highest BCUT2D eigenvalue weighted by atomic mass is 32.2. The summed E-state index contributed by atoms with van der Waals surface area (Å²) >= 11 is 0. The van der Waals surface area contributed by atoms with E-state index in [-0.39, 0.29) is 24.0 Å². The Bertz CT molecular complexity index is 1220. The lowest BCUT2D eigenvalue weighted by molar-refractivity contribution is -0.118. The molecule has 0 aromatic heterocycles. The third-order valence-electron chi connectivity index (χ3n) is 5.41. The molecule has 0 spiro atoms. The summed E-state index contributed by atoms with van der Waals surface area (Å²) in [6, 6.07) is 19.9. The van der Waals surface area contributed by atoms with Crippen molar-refractivity contribution < 1.29 is 17.9 Å². The Balaban J connectivity index is 1.42. The standard InChI is InChI=1S/C25H26N2O4S/c1-18-12-19(2)14-23(13-18)31-17-25(28)26-22-9-8-20-10-11-27(16-21(20)15-22)32(29,30)24-6-4-3-5-7-24/h3-9,12-15H,10-11,16-17H2,1-2H3,(H,26,28). The van der Waals surface area contributed by atoms with Gasteiger partial charge in [-0.2, -0.15) is 4.31 Å². The van der Waals surface area contributed by atoms with Crippen molar-refractivity contribution in [1.29, 1.82) is 0 Å². The first kappa shape index (κ1) is 22.0. The Morgan fingerprint density at radius 1 is 0.969 bits per heavy atom. The molecule has 1 aliphatic heterocycles.